The Balaban J connectivity index is 1.45. The molecule has 0 bridgehead atoms. The molecule has 3 nitrogen and oxygen atoms in total. The normalized spacial score (nSPS) is 14.7. The largest absolute Gasteiger partial charge is 0.314 e. The van der Waals surface area contributed by atoms with Gasteiger partial charge in [0.25, 0.3) is 0 Å². The van der Waals surface area contributed by atoms with Crippen molar-refractivity contribution >= 4 is 11.3 Å². The summed E-state index contributed by atoms with van der Waals surface area (Å²) in [6.07, 6.45) is 5.83. The Kier molecular flexibility index (Phi) is 4.20. The van der Waals surface area contributed by atoms with Crippen LogP contribution in [0, 0.1) is 0 Å². The minimum Gasteiger partial charge on any atom is -0.314 e. The van der Waals surface area contributed by atoms with E-state index in [-0.39, 0.29) is 0 Å². The summed E-state index contributed by atoms with van der Waals surface area (Å²) in [7, 11) is 0. The van der Waals surface area contributed by atoms with Crippen LogP contribution in [0.3, 0.4) is 0 Å². The maximum absolute atomic E-state index is 4.29. The average Bonchev–Trinajstić information content (AvgIpc) is 3.16. The van der Waals surface area contributed by atoms with Gasteiger partial charge in [-0.3, -0.25) is 0 Å². The number of hydrogen-bond acceptors (Lipinski definition) is 4. The van der Waals surface area contributed by atoms with Gasteiger partial charge in [0.2, 0.25) is 0 Å². The summed E-state index contributed by atoms with van der Waals surface area (Å²) in [5.41, 5.74) is 1.31. The minimum absolute atomic E-state index is 0.808. The van der Waals surface area contributed by atoms with Crippen LogP contribution in [0.2, 0.25) is 0 Å². The van der Waals surface area contributed by atoms with Crippen molar-refractivity contribution in [3.05, 3.63) is 45.9 Å². The highest BCUT2D eigenvalue weighted by atomic mass is 32.1. The lowest BCUT2D eigenvalue weighted by Gasteiger charge is -1.99. The SMILES string of the molecule is c1ccc(Cc2nnc(CCCNC3CC3)s2)cc1. The van der Waals surface area contributed by atoms with Crippen LogP contribution in [0.25, 0.3) is 0 Å². The third-order valence-electron chi connectivity index (χ3n) is 3.28. The maximum Gasteiger partial charge on any atom is 0.121 e. The Hall–Kier alpha value is -1.26. The fourth-order valence-electron chi connectivity index (χ4n) is 2.06. The van der Waals surface area contributed by atoms with E-state index >= 15 is 0 Å². The Morgan fingerprint density at radius 2 is 1.89 bits per heavy atom. The van der Waals surface area contributed by atoms with Gasteiger partial charge in [-0.25, -0.2) is 0 Å². The van der Waals surface area contributed by atoms with Crippen LogP contribution in [0.5, 0.6) is 0 Å². The zero-order valence-corrected chi connectivity index (χ0v) is 11.8. The van der Waals surface area contributed by atoms with Crippen molar-refractivity contribution in [2.75, 3.05) is 6.54 Å². The molecule has 3 rings (SSSR count). The second kappa shape index (κ2) is 6.26. The molecule has 0 saturated heterocycles. The van der Waals surface area contributed by atoms with Crippen LogP contribution in [0.15, 0.2) is 30.3 Å². The van der Waals surface area contributed by atoms with Gasteiger partial charge in [-0.15, -0.1) is 21.5 Å². The molecule has 1 aliphatic rings. The molecule has 0 atom stereocenters. The number of rotatable bonds is 7. The molecule has 1 saturated carbocycles. The number of nitrogens with zero attached hydrogens (tertiary/aromatic N) is 2. The van der Waals surface area contributed by atoms with E-state index in [9.17, 15) is 0 Å². The highest BCUT2D eigenvalue weighted by Gasteiger charge is 2.19. The van der Waals surface area contributed by atoms with Gasteiger partial charge in [-0.1, -0.05) is 30.3 Å². The third-order valence-corrected chi connectivity index (χ3v) is 4.27. The molecule has 0 amide bonds. The first-order valence-electron chi connectivity index (χ1n) is 6.99. The molecule has 1 fully saturated rings. The van der Waals surface area contributed by atoms with Gasteiger partial charge in [0.15, 0.2) is 0 Å². The zero-order valence-electron chi connectivity index (χ0n) is 11.0. The number of hydrogen-bond donors (Lipinski definition) is 1. The van der Waals surface area contributed by atoms with Gasteiger partial charge in [-0.2, -0.15) is 0 Å². The Bertz CT molecular complexity index is 505. The summed E-state index contributed by atoms with van der Waals surface area (Å²) < 4.78 is 0. The Morgan fingerprint density at radius 1 is 1.11 bits per heavy atom. The molecule has 19 heavy (non-hydrogen) atoms. The molecule has 0 unspecified atom stereocenters. The van der Waals surface area contributed by atoms with E-state index in [1.54, 1.807) is 11.3 Å². The molecule has 1 N–H and O–H groups in total. The number of aryl methyl sites for hydroxylation is 1. The van der Waals surface area contributed by atoms with Crippen LogP contribution >= 0.6 is 11.3 Å². The molecule has 2 aromatic rings. The van der Waals surface area contributed by atoms with Gasteiger partial charge in [-0.05, 0) is 31.4 Å². The van der Waals surface area contributed by atoms with Crippen molar-refractivity contribution < 1.29 is 0 Å². The van der Waals surface area contributed by atoms with Crippen molar-refractivity contribution in [1.82, 2.24) is 15.5 Å². The molecule has 1 aromatic heterocycles. The predicted molar refractivity (Wildman–Crippen MR) is 78.5 cm³/mol. The molecule has 0 aliphatic heterocycles. The Labute approximate surface area is 118 Å². The maximum atomic E-state index is 4.29. The van der Waals surface area contributed by atoms with Crippen LogP contribution in [-0.4, -0.2) is 22.8 Å². The minimum atomic E-state index is 0.808. The number of nitrogens with one attached hydrogen (secondary N) is 1. The highest BCUT2D eigenvalue weighted by Crippen LogP contribution is 2.19. The zero-order chi connectivity index (χ0) is 12.9. The summed E-state index contributed by atoms with van der Waals surface area (Å²) >= 11 is 1.75. The smallest absolute Gasteiger partial charge is 0.121 e. The van der Waals surface area contributed by atoms with Gasteiger partial charge in [0.05, 0.1) is 0 Å². The molecule has 0 radical (unpaired) electrons. The van der Waals surface area contributed by atoms with E-state index in [1.165, 1.54) is 23.4 Å². The topological polar surface area (TPSA) is 37.8 Å². The number of aromatic nitrogens is 2. The molecule has 1 aromatic carbocycles. The number of benzene rings is 1. The van der Waals surface area contributed by atoms with Gasteiger partial charge in [0.1, 0.15) is 10.0 Å². The fraction of sp³-hybridized carbons (Fsp3) is 0.467. The van der Waals surface area contributed by atoms with E-state index in [0.717, 1.165) is 36.9 Å². The third kappa shape index (κ3) is 4.11. The van der Waals surface area contributed by atoms with E-state index in [0.29, 0.717) is 0 Å². The fourth-order valence-corrected chi connectivity index (χ4v) is 2.99. The van der Waals surface area contributed by atoms with Crippen LogP contribution in [-0.2, 0) is 12.8 Å². The van der Waals surface area contributed by atoms with Gasteiger partial charge >= 0.3 is 0 Å². The summed E-state index contributed by atoms with van der Waals surface area (Å²) in [4.78, 5) is 0. The van der Waals surface area contributed by atoms with Gasteiger partial charge < -0.3 is 5.32 Å². The lowest BCUT2D eigenvalue weighted by molar-refractivity contribution is 0.643. The van der Waals surface area contributed by atoms with E-state index in [1.807, 2.05) is 6.07 Å². The summed E-state index contributed by atoms with van der Waals surface area (Å²) in [5, 5.41) is 14.4. The lowest BCUT2D eigenvalue weighted by atomic mass is 10.2. The van der Waals surface area contributed by atoms with Crippen molar-refractivity contribution in [3.63, 3.8) is 0 Å². The molecule has 100 valence electrons. The molecule has 1 heterocycles. The van der Waals surface area contributed by atoms with Crippen LogP contribution in [0.4, 0.5) is 0 Å². The summed E-state index contributed by atoms with van der Waals surface area (Å²) in [6.45, 7) is 1.11. The molecular formula is C15H19N3S. The average molecular weight is 273 g/mol. The van der Waals surface area contributed by atoms with Crippen molar-refractivity contribution in [2.45, 2.75) is 38.1 Å². The standard InChI is InChI=1S/C15H19N3S/c1-2-5-12(6-3-1)11-15-18-17-14(19-15)7-4-10-16-13-8-9-13/h1-3,5-6,13,16H,4,7-11H2. The highest BCUT2D eigenvalue weighted by molar-refractivity contribution is 7.11. The molecular weight excluding hydrogens is 254 g/mol. The Morgan fingerprint density at radius 3 is 2.68 bits per heavy atom. The summed E-state index contributed by atoms with van der Waals surface area (Å²) in [6, 6.07) is 11.3. The van der Waals surface area contributed by atoms with Crippen molar-refractivity contribution in [1.29, 1.82) is 0 Å². The van der Waals surface area contributed by atoms with E-state index < -0.39 is 0 Å². The molecule has 4 heteroatoms. The van der Waals surface area contributed by atoms with Gasteiger partial charge in [0, 0.05) is 18.9 Å². The van der Waals surface area contributed by atoms with Crippen LogP contribution < -0.4 is 5.32 Å². The second-order valence-corrected chi connectivity index (χ2v) is 6.23. The van der Waals surface area contributed by atoms with E-state index in [4.69, 9.17) is 0 Å². The predicted octanol–water partition coefficient (Wildman–Crippen LogP) is 2.81. The lowest BCUT2D eigenvalue weighted by Crippen LogP contribution is -2.17. The van der Waals surface area contributed by atoms with Crippen LogP contribution in [0.1, 0.15) is 34.8 Å². The quantitative estimate of drug-likeness (QED) is 0.788. The monoisotopic (exact) mass is 273 g/mol. The van der Waals surface area contributed by atoms with Crippen molar-refractivity contribution in [3.8, 4) is 0 Å². The first-order chi connectivity index (χ1) is 9.40. The second-order valence-electron chi connectivity index (χ2n) is 5.08. The molecule has 1 aliphatic carbocycles. The molecule has 0 spiro atoms. The van der Waals surface area contributed by atoms with E-state index in [2.05, 4.69) is 39.8 Å². The van der Waals surface area contributed by atoms with Crippen molar-refractivity contribution in [2.24, 2.45) is 0 Å². The summed E-state index contributed by atoms with van der Waals surface area (Å²) in [5.74, 6) is 0. The first kappa shape index (κ1) is 12.8. The first-order valence-corrected chi connectivity index (χ1v) is 7.80.